The lowest BCUT2D eigenvalue weighted by molar-refractivity contribution is -0.00000731. The van der Waals surface area contributed by atoms with Crippen LogP contribution < -0.4 is 27.5 Å². The number of anilines is 4. The second-order valence-electron chi connectivity index (χ2n) is 6.88. The van der Waals surface area contributed by atoms with E-state index in [0.717, 1.165) is 31.9 Å². The van der Waals surface area contributed by atoms with Gasteiger partial charge in [0.25, 0.3) is 0 Å². The molecule has 1 aromatic heterocycles. The Bertz CT molecular complexity index is 758. The molecule has 28 heavy (non-hydrogen) atoms. The van der Waals surface area contributed by atoms with Crippen LogP contribution in [0.2, 0.25) is 0 Å². The zero-order valence-corrected chi connectivity index (χ0v) is 17.1. The van der Waals surface area contributed by atoms with E-state index in [0.29, 0.717) is 44.3 Å². The molecule has 2 aromatic rings. The van der Waals surface area contributed by atoms with Crippen LogP contribution in [0, 0.1) is 13.8 Å². The van der Waals surface area contributed by atoms with E-state index in [1.54, 1.807) is 0 Å². The van der Waals surface area contributed by atoms with Gasteiger partial charge in [0.2, 0.25) is 17.8 Å². The van der Waals surface area contributed by atoms with Crippen LogP contribution >= 0.6 is 0 Å². The topological polar surface area (TPSA) is 75.6 Å². The first kappa shape index (κ1) is 20.6. The van der Waals surface area contributed by atoms with Gasteiger partial charge in [-0.2, -0.15) is 15.0 Å². The molecule has 0 amide bonds. The third-order valence-electron chi connectivity index (χ3n) is 4.96. The quantitative estimate of drug-likeness (QED) is 0.687. The number of nitrogens with zero attached hydrogens (tertiary/aromatic N) is 5. The number of morpholine rings is 2. The maximum atomic E-state index is 5.46. The predicted molar refractivity (Wildman–Crippen MR) is 105 cm³/mol. The zero-order chi connectivity index (χ0) is 18.6. The number of hydrogen-bond donors (Lipinski definition) is 1. The lowest BCUT2D eigenvalue weighted by Crippen LogP contribution is -3.00. The monoisotopic (exact) mass is 405 g/mol. The molecule has 2 aliphatic heterocycles. The van der Waals surface area contributed by atoms with E-state index in [9.17, 15) is 0 Å². The molecular weight excluding hydrogens is 380 g/mol. The first-order chi connectivity index (χ1) is 13.2. The van der Waals surface area contributed by atoms with Crippen molar-refractivity contribution in [1.82, 2.24) is 15.0 Å². The standard InChI is InChI=1S/C19H26N6O2.ClH/c1-14-3-4-16(13-15(14)2)20-17-21-18(24-5-9-26-10-6-24)23-19(22-17)25-7-11-27-12-8-25;/h3-4,13H,5-12H2,1-2H3,(H,20,21,22,23);1H/p-1. The van der Waals surface area contributed by atoms with Gasteiger partial charge < -0.3 is 37.0 Å². The Labute approximate surface area is 171 Å². The van der Waals surface area contributed by atoms with Crippen molar-refractivity contribution < 1.29 is 21.9 Å². The summed E-state index contributed by atoms with van der Waals surface area (Å²) in [4.78, 5) is 18.4. The number of aromatic nitrogens is 3. The van der Waals surface area contributed by atoms with Gasteiger partial charge in [0, 0.05) is 31.9 Å². The van der Waals surface area contributed by atoms with E-state index in [4.69, 9.17) is 14.5 Å². The molecule has 2 fully saturated rings. The molecule has 1 N–H and O–H groups in total. The minimum Gasteiger partial charge on any atom is -1.00 e. The Morgan fingerprint density at radius 1 is 0.786 bits per heavy atom. The van der Waals surface area contributed by atoms with Gasteiger partial charge in [0.15, 0.2) is 0 Å². The molecule has 0 spiro atoms. The summed E-state index contributed by atoms with van der Waals surface area (Å²) >= 11 is 0. The van der Waals surface area contributed by atoms with E-state index >= 15 is 0 Å². The van der Waals surface area contributed by atoms with Crippen LogP contribution in [0.15, 0.2) is 18.2 Å². The largest absolute Gasteiger partial charge is 1.00 e. The highest BCUT2D eigenvalue weighted by Crippen LogP contribution is 2.22. The summed E-state index contributed by atoms with van der Waals surface area (Å²) in [6.45, 7) is 10.1. The van der Waals surface area contributed by atoms with E-state index in [1.165, 1.54) is 11.1 Å². The molecule has 0 atom stereocenters. The van der Waals surface area contributed by atoms with Crippen LogP contribution in [0.4, 0.5) is 23.5 Å². The highest BCUT2D eigenvalue weighted by atomic mass is 35.5. The SMILES string of the molecule is Cc1ccc(Nc2nc(N3CCOCC3)nc(N3CCOCC3)n2)cc1C.[Cl-]. The fourth-order valence-electron chi connectivity index (χ4n) is 3.17. The van der Waals surface area contributed by atoms with Crippen LogP contribution in [-0.4, -0.2) is 67.6 Å². The second-order valence-corrected chi connectivity index (χ2v) is 6.88. The van der Waals surface area contributed by atoms with Crippen molar-refractivity contribution in [2.45, 2.75) is 13.8 Å². The number of rotatable bonds is 4. The lowest BCUT2D eigenvalue weighted by atomic mass is 10.1. The molecule has 0 unspecified atom stereocenters. The Kier molecular flexibility index (Phi) is 6.88. The zero-order valence-electron chi connectivity index (χ0n) is 16.3. The maximum Gasteiger partial charge on any atom is 0.233 e. The summed E-state index contributed by atoms with van der Waals surface area (Å²) in [5.74, 6) is 1.96. The highest BCUT2D eigenvalue weighted by molar-refractivity contribution is 5.58. The predicted octanol–water partition coefficient (Wildman–Crippen LogP) is -1.09. The summed E-state index contributed by atoms with van der Waals surface area (Å²) in [6, 6.07) is 6.27. The van der Waals surface area contributed by atoms with Gasteiger partial charge in [-0.05, 0) is 37.1 Å². The van der Waals surface area contributed by atoms with Crippen molar-refractivity contribution in [3.05, 3.63) is 29.3 Å². The van der Waals surface area contributed by atoms with Crippen molar-refractivity contribution in [3.63, 3.8) is 0 Å². The van der Waals surface area contributed by atoms with Crippen molar-refractivity contribution in [2.75, 3.05) is 67.7 Å². The molecule has 2 aliphatic rings. The van der Waals surface area contributed by atoms with E-state index in [-0.39, 0.29) is 12.4 Å². The van der Waals surface area contributed by atoms with Crippen LogP contribution in [0.1, 0.15) is 11.1 Å². The van der Waals surface area contributed by atoms with Gasteiger partial charge in [0.1, 0.15) is 0 Å². The van der Waals surface area contributed by atoms with E-state index < -0.39 is 0 Å². The average Bonchev–Trinajstić information content (AvgIpc) is 2.72. The van der Waals surface area contributed by atoms with Crippen molar-refractivity contribution >= 4 is 23.5 Å². The fourth-order valence-corrected chi connectivity index (χ4v) is 3.17. The summed E-state index contributed by atoms with van der Waals surface area (Å²) in [5.41, 5.74) is 3.47. The van der Waals surface area contributed by atoms with Gasteiger partial charge in [-0.15, -0.1) is 0 Å². The van der Waals surface area contributed by atoms with Crippen molar-refractivity contribution in [3.8, 4) is 0 Å². The summed E-state index contributed by atoms with van der Waals surface area (Å²) in [7, 11) is 0. The van der Waals surface area contributed by atoms with Crippen LogP contribution in [0.3, 0.4) is 0 Å². The first-order valence-corrected chi connectivity index (χ1v) is 9.45. The Morgan fingerprint density at radius 2 is 1.32 bits per heavy atom. The number of halogens is 1. The van der Waals surface area contributed by atoms with E-state index in [1.807, 2.05) is 0 Å². The molecule has 4 rings (SSSR count). The number of benzene rings is 1. The smallest absolute Gasteiger partial charge is 0.233 e. The number of nitrogens with one attached hydrogen (secondary N) is 1. The molecule has 0 saturated carbocycles. The first-order valence-electron chi connectivity index (χ1n) is 9.45. The number of aryl methyl sites for hydroxylation is 2. The molecular formula is C19H26ClN6O2-. The van der Waals surface area contributed by atoms with Crippen molar-refractivity contribution in [2.24, 2.45) is 0 Å². The molecule has 8 nitrogen and oxygen atoms in total. The average molecular weight is 406 g/mol. The molecule has 0 bridgehead atoms. The second kappa shape index (κ2) is 9.36. The minimum atomic E-state index is 0. The minimum absolute atomic E-state index is 0. The van der Waals surface area contributed by atoms with Crippen LogP contribution in [-0.2, 0) is 9.47 Å². The maximum absolute atomic E-state index is 5.46. The molecule has 3 heterocycles. The molecule has 9 heteroatoms. The summed E-state index contributed by atoms with van der Waals surface area (Å²) < 4.78 is 10.9. The van der Waals surface area contributed by atoms with Crippen LogP contribution in [0.5, 0.6) is 0 Å². The Hall–Kier alpha value is -2.16. The molecule has 2 saturated heterocycles. The van der Waals surface area contributed by atoms with Gasteiger partial charge in [-0.25, -0.2) is 0 Å². The third-order valence-corrected chi connectivity index (χ3v) is 4.96. The number of hydrogen-bond acceptors (Lipinski definition) is 8. The van der Waals surface area contributed by atoms with Gasteiger partial charge >= 0.3 is 0 Å². The lowest BCUT2D eigenvalue weighted by Gasteiger charge is -2.30. The van der Waals surface area contributed by atoms with Crippen molar-refractivity contribution in [1.29, 1.82) is 0 Å². The van der Waals surface area contributed by atoms with Gasteiger partial charge in [-0.1, -0.05) is 6.07 Å². The Morgan fingerprint density at radius 3 is 1.82 bits per heavy atom. The molecule has 1 aromatic carbocycles. The number of ether oxygens (including phenoxy) is 2. The Balaban J connectivity index is 0.00000225. The summed E-state index contributed by atoms with van der Waals surface area (Å²) in [5, 5.41) is 3.35. The van der Waals surface area contributed by atoms with Gasteiger partial charge in [-0.3, -0.25) is 0 Å². The molecule has 0 aliphatic carbocycles. The summed E-state index contributed by atoms with van der Waals surface area (Å²) in [6.07, 6.45) is 0. The molecule has 152 valence electrons. The third kappa shape index (κ3) is 4.81. The van der Waals surface area contributed by atoms with Crippen LogP contribution in [0.25, 0.3) is 0 Å². The molecule has 0 radical (unpaired) electrons. The fraction of sp³-hybridized carbons (Fsp3) is 0.526. The van der Waals surface area contributed by atoms with E-state index in [2.05, 4.69) is 57.1 Å². The normalized spacial score (nSPS) is 17.2. The van der Waals surface area contributed by atoms with Gasteiger partial charge in [0.05, 0.1) is 26.4 Å². The highest BCUT2D eigenvalue weighted by Gasteiger charge is 2.20.